The molecular formula is C14H19ClO4. The van der Waals surface area contributed by atoms with Crippen molar-refractivity contribution in [1.82, 2.24) is 0 Å². The predicted octanol–water partition coefficient (Wildman–Crippen LogP) is 2.88. The highest BCUT2D eigenvalue weighted by Crippen LogP contribution is 2.70. The Labute approximate surface area is 117 Å². The molecule has 4 rings (SSSR count). The van der Waals surface area contributed by atoms with Crippen molar-refractivity contribution in [3.63, 3.8) is 0 Å². The van der Waals surface area contributed by atoms with E-state index in [1.165, 1.54) is 0 Å². The van der Waals surface area contributed by atoms with Gasteiger partial charge in [0, 0.05) is 4.87 Å². The third-order valence-electron chi connectivity index (χ3n) is 5.28. The first kappa shape index (κ1) is 13.2. The van der Waals surface area contributed by atoms with Gasteiger partial charge in [0.05, 0.1) is 12.8 Å². The molecule has 0 saturated heterocycles. The molecule has 2 unspecified atom stereocenters. The zero-order chi connectivity index (χ0) is 13.9. The van der Waals surface area contributed by atoms with Gasteiger partial charge in [0.2, 0.25) is 0 Å². The maximum atomic E-state index is 11.2. The molecule has 0 aromatic heterocycles. The van der Waals surface area contributed by atoms with Gasteiger partial charge in [-0.05, 0) is 55.3 Å². The molecule has 2 atom stereocenters. The molecule has 4 fully saturated rings. The predicted molar refractivity (Wildman–Crippen MR) is 69.1 cm³/mol. The SMILES string of the molecule is O=C(O)CC12CC3CC(Cl)(C1)CC(CC(=O)O)(C3)C2. The molecule has 0 radical (unpaired) electrons. The number of rotatable bonds is 4. The molecule has 4 saturated carbocycles. The molecule has 4 aliphatic carbocycles. The molecule has 0 aromatic rings. The van der Waals surface area contributed by atoms with Gasteiger partial charge >= 0.3 is 11.9 Å². The van der Waals surface area contributed by atoms with Gasteiger partial charge in [-0.2, -0.15) is 0 Å². The van der Waals surface area contributed by atoms with E-state index in [1.807, 2.05) is 0 Å². The molecule has 19 heavy (non-hydrogen) atoms. The number of carboxylic acid groups (broad SMARTS) is 2. The van der Waals surface area contributed by atoms with Crippen LogP contribution in [0.1, 0.15) is 51.4 Å². The first-order valence-corrected chi connectivity index (χ1v) is 7.24. The Morgan fingerprint density at radius 1 is 0.947 bits per heavy atom. The Morgan fingerprint density at radius 3 is 1.79 bits per heavy atom. The zero-order valence-corrected chi connectivity index (χ0v) is 11.6. The van der Waals surface area contributed by atoms with Crippen molar-refractivity contribution in [2.75, 3.05) is 0 Å². The summed E-state index contributed by atoms with van der Waals surface area (Å²) in [6.07, 6.45) is 5.24. The second-order valence-corrected chi connectivity index (χ2v) is 8.10. The van der Waals surface area contributed by atoms with Crippen molar-refractivity contribution >= 4 is 23.5 Å². The molecule has 106 valence electrons. The van der Waals surface area contributed by atoms with Crippen molar-refractivity contribution < 1.29 is 19.8 Å². The fourth-order valence-corrected chi connectivity index (χ4v) is 6.54. The number of hydrogen-bond acceptors (Lipinski definition) is 2. The average Bonchev–Trinajstić information content (AvgIpc) is 2.06. The van der Waals surface area contributed by atoms with E-state index >= 15 is 0 Å². The van der Waals surface area contributed by atoms with E-state index in [1.54, 1.807) is 0 Å². The van der Waals surface area contributed by atoms with Crippen LogP contribution < -0.4 is 0 Å². The van der Waals surface area contributed by atoms with Crippen molar-refractivity contribution in [2.24, 2.45) is 16.7 Å². The van der Waals surface area contributed by atoms with E-state index in [0.29, 0.717) is 5.92 Å². The molecule has 4 aliphatic rings. The van der Waals surface area contributed by atoms with Crippen LogP contribution in [0.2, 0.25) is 0 Å². The summed E-state index contributed by atoms with van der Waals surface area (Å²) < 4.78 is 0. The summed E-state index contributed by atoms with van der Waals surface area (Å²) in [6.45, 7) is 0. The Kier molecular flexibility index (Phi) is 2.70. The lowest BCUT2D eigenvalue weighted by molar-refractivity contribution is -0.157. The van der Waals surface area contributed by atoms with E-state index in [-0.39, 0.29) is 28.5 Å². The van der Waals surface area contributed by atoms with Crippen LogP contribution in [0.25, 0.3) is 0 Å². The summed E-state index contributed by atoms with van der Waals surface area (Å²) in [4.78, 5) is 22.0. The molecule has 5 heteroatoms. The lowest BCUT2D eigenvalue weighted by Gasteiger charge is -2.64. The van der Waals surface area contributed by atoms with Gasteiger partial charge in [0.15, 0.2) is 0 Å². The summed E-state index contributed by atoms with van der Waals surface area (Å²) in [5.74, 6) is -1.16. The molecule has 0 aliphatic heterocycles. The van der Waals surface area contributed by atoms with Gasteiger partial charge in [-0.25, -0.2) is 0 Å². The van der Waals surface area contributed by atoms with Crippen LogP contribution in [-0.2, 0) is 9.59 Å². The van der Waals surface area contributed by atoms with Crippen molar-refractivity contribution in [3.05, 3.63) is 0 Å². The summed E-state index contributed by atoms with van der Waals surface area (Å²) in [7, 11) is 0. The van der Waals surface area contributed by atoms with Gasteiger partial charge in [0.25, 0.3) is 0 Å². The van der Waals surface area contributed by atoms with Crippen LogP contribution >= 0.6 is 11.6 Å². The molecule has 4 nitrogen and oxygen atoms in total. The van der Waals surface area contributed by atoms with Crippen molar-refractivity contribution in [1.29, 1.82) is 0 Å². The van der Waals surface area contributed by atoms with Crippen LogP contribution in [0.5, 0.6) is 0 Å². The lowest BCUT2D eigenvalue weighted by atomic mass is 9.42. The lowest BCUT2D eigenvalue weighted by Crippen LogP contribution is -2.58. The van der Waals surface area contributed by atoms with Crippen molar-refractivity contribution in [2.45, 2.75) is 56.2 Å². The van der Waals surface area contributed by atoms with Crippen LogP contribution in [0.3, 0.4) is 0 Å². The minimum absolute atomic E-state index is 0.138. The third kappa shape index (κ3) is 2.24. The number of alkyl halides is 1. The number of carboxylic acids is 2. The average molecular weight is 287 g/mol. The molecule has 0 amide bonds. The first-order valence-electron chi connectivity index (χ1n) is 6.87. The second kappa shape index (κ2) is 3.87. The Bertz CT molecular complexity index is 415. The van der Waals surface area contributed by atoms with E-state index < -0.39 is 11.9 Å². The standard InChI is InChI=1S/C14H19ClO4/c15-14-3-9-1-12(7-14,4-10(16)17)6-13(2-9,8-14)5-11(18)19/h9H,1-8H2,(H,16,17)(H,18,19). The Balaban J connectivity index is 1.94. The van der Waals surface area contributed by atoms with Crippen LogP contribution in [0.15, 0.2) is 0 Å². The normalized spacial score (nSPS) is 47.3. The Hall–Kier alpha value is -0.770. The van der Waals surface area contributed by atoms with E-state index in [4.69, 9.17) is 21.8 Å². The number of carbonyl (C=O) groups is 2. The highest BCUT2D eigenvalue weighted by Gasteiger charge is 2.63. The van der Waals surface area contributed by atoms with Gasteiger partial charge in [0.1, 0.15) is 0 Å². The topological polar surface area (TPSA) is 74.6 Å². The second-order valence-electron chi connectivity index (χ2n) is 7.30. The molecular weight excluding hydrogens is 268 g/mol. The van der Waals surface area contributed by atoms with Crippen LogP contribution in [-0.4, -0.2) is 27.0 Å². The summed E-state index contributed by atoms with van der Waals surface area (Å²) in [5, 5.41) is 18.3. The maximum Gasteiger partial charge on any atom is 0.303 e. The van der Waals surface area contributed by atoms with E-state index in [2.05, 4.69) is 0 Å². The van der Waals surface area contributed by atoms with E-state index in [9.17, 15) is 9.59 Å². The number of hydrogen-bond donors (Lipinski definition) is 2. The summed E-state index contributed by atoms with van der Waals surface area (Å²) >= 11 is 6.69. The largest absolute Gasteiger partial charge is 0.481 e. The van der Waals surface area contributed by atoms with Gasteiger partial charge < -0.3 is 10.2 Å². The molecule has 0 aromatic carbocycles. The summed E-state index contributed by atoms with van der Waals surface area (Å²) in [5.41, 5.74) is -0.523. The molecule has 0 heterocycles. The smallest absolute Gasteiger partial charge is 0.303 e. The van der Waals surface area contributed by atoms with Crippen LogP contribution in [0.4, 0.5) is 0 Å². The highest BCUT2D eigenvalue weighted by atomic mass is 35.5. The number of halogens is 1. The van der Waals surface area contributed by atoms with E-state index in [0.717, 1.165) is 38.5 Å². The fourth-order valence-electron chi connectivity index (χ4n) is 5.75. The maximum absolute atomic E-state index is 11.2. The minimum Gasteiger partial charge on any atom is -0.481 e. The Morgan fingerprint density at radius 2 is 1.42 bits per heavy atom. The van der Waals surface area contributed by atoms with Gasteiger partial charge in [-0.3, -0.25) is 9.59 Å². The molecule has 2 N–H and O–H groups in total. The fraction of sp³-hybridized carbons (Fsp3) is 0.857. The minimum atomic E-state index is -0.785. The number of aliphatic carboxylic acids is 2. The zero-order valence-electron chi connectivity index (χ0n) is 10.8. The highest BCUT2D eigenvalue weighted by molar-refractivity contribution is 6.24. The van der Waals surface area contributed by atoms with Gasteiger partial charge in [-0.1, -0.05) is 0 Å². The monoisotopic (exact) mass is 286 g/mol. The third-order valence-corrected chi connectivity index (χ3v) is 5.71. The van der Waals surface area contributed by atoms with Crippen LogP contribution in [0, 0.1) is 16.7 Å². The molecule has 4 bridgehead atoms. The van der Waals surface area contributed by atoms with Gasteiger partial charge in [-0.15, -0.1) is 11.6 Å². The first-order chi connectivity index (χ1) is 8.74. The van der Waals surface area contributed by atoms with Crippen molar-refractivity contribution in [3.8, 4) is 0 Å². The quantitative estimate of drug-likeness (QED) is 0.779. The molecule has 0 spiro atoms. The summed E-state index contributed by atoms with van der Waals surface area (Å²) in [6, 6.07) is 0.